The molecular formula is C10H15NO2. The Kier molecular flexibility index (Phi) is 3.58. The zero-order chi connectivity index (χ0) is 9.68. The summed E-state index contributed by atoms with van der Waals surface area (Å²) in [6.07, 6.45) is 0. The van der Waals surface area contributed by atoms with E-state index in [2.05, 4.69) is 5.32 Å². The van der Waals surface area contributed by atoms with Gasteiger partial charge in [-0.3, -0.25) is 0 Å². The summed E-state index contributed by atoms with van der Waals surface area (Å²) in [4.78, 5) is 0. The van der Waals surface area contributed by atoms with Gasteiger partial charge in [-0.25, -0.2) is 0 Å². The monoisotopic (exact) mass is 181 g/mol. The van der Waals surface area contributed by atoms with Crippen molar-refractivity contribution in [2.75, 3.05) is 25.6 Å². The topological polar surface area (TPSA) is 41.5 Å². The van der Waals surface area contributed by atoms with Crippen LogP contribution in [-0.4, -0.2) is 25.4 Å². The number of aryl methyl sites for hydroxylation is 1. The number of aliphatic hydroxyl groups is 1. The maximum atomic E-state index is 8.68. The fraction of sp³-hybridized carbons (Fsp3) is 0.400. The summed E-state index contributed by atoms with van der Waals surface area (Å²) in [6.45, 7) is 2.67. The molecule has 0 aromatic heterocycles. The van der Waals surface area contributed by atoms with Crippen molar-refractivity contribution < 1.29 is 9.84 Å². The molecule has 72 valence electrons. The normalized spacial score (nSPS) is 9.77. The number of hydrogen-bond acceptors (Lipinski definition) is 3. The predicted molar refractivity (Wildman–Crippen MR) is 53.3 cm³/mol. The van der Waals surface area contributed by atoms with Gasteiger partial charge in [0.15, 0.2) is 0 Å². The van der Waals surface area contributed by atoms with E-state index in [1.54, 1.807) is 7.11 Å². The summed E-state index contributed by atoms with van der Waals surface area (Å²) in [5.74, 6) is 0.813. The lowest BCUT2D eigenvalue weighted by molar-refractivity contribution is 0.311. The largest absolute Gasteiger partial charge is 0.495 e. The fourth-order valence-corrected chi connectivity index (χ4v) is 1.22. The van der Waals surface area contributed by atoms with Crippen molar-refractivity contribution in [2.24, 2.45) is 0 Å². The molecule has 0 amide bonds. The molecule has 0 aliphatic rings. The Bertz CT molecular complexity index is 274. The fourth-order valence-electron chi connectivity index (χ4n) is 1.22. The van der Waals surface area contributed by atoms with Crippen LogP contribution in [0.1, 0.15) is 5.56 Å². The number of rotatable bonds is 4. The molecule has 1 aromatic rings. The Labute approximate surface area is 78.3 Å². The highest BCUT2D eigenvalue weighted by Crippen LogP contribution is 2.27. The predicted octanol–water partition coefficient (Wildman–Crippen LogP) is 1.41. The van der Waals surface area contributed by atoms with E-state index in [0.29, 0.717) is 6.54 Å². The SMILES string of the molecule is COc1cccc(C)c1NCCO. The minimum Gasteiger partial charge on any atom is -0.495 e. The first kappa shape index (κ1) is 9.86. The molecule has 13 heavy (non-hydrogen) atoms. The molecule has 1 aromatic carbocycles. The number of anilines is 1. The van der Waals surface area contributed by atoms with E-state index < -0.39 is 0 Å². The van der Waals surface area contributed by atoms with Crippen LogP contribution in [0.5, 0.6) is 5.75 Å². The second-order valence-electron chi connectivity index (χ2n) is 2.80. The molecule has 0 heterocycles. The number of methoxy groups -OCH3 is 1. The standard InChI is InChI=1S/C10H15NO2/c1-8-4-3-5-9(13-2)10(8)11-6-7-12/h3-5,11-12H,6-7H2,1-2H3. The van der Waals surface area contributed by atoms with E-state index in [9.17, 15) is 0 Å². The molecule has 0 atom stereocenters. The van der Waals surface area contributed by atoms with Crippen LogP contribution < -0.4 is 10.1 Å². The van der Waals surface area contributed by atoms with Gasteiger partial charge < -0.3 is 15.2 Å². The number of hydrogen-bond donors (Lipinski definition) is 2. The van der Waals surface area contributed by atoms with Gasteiger partial charge in [0.2, 0.25) is 0 Å². The van der Waals surface area contributed by atoms with E-state index in [1.165, 1.54) is 0 Å². The van der Waals surface area contributed by atoms with Crippen molar-refractivity contribution in [3.05, 3.63) is 23.8 Å². The van der Waals surface area contributed by atoms with Gasteiger partial charge in [0.1, 0.15) is 5.75 Å². The number of benzene rings is 1. The van der Waals surface area contributed by atoms with Crippen molar-refractivity contribution >= 4 is 5.69 Å². The highest BCUT2D eigenvalue weighted by molar-refractivity contribution is 5.61. The minimum absolute atomic E-state index is 0.123. The van der Waals surface area contributed by atoms with Crippen LogP contribution in [0.3, 0.4) is 0 Å². The number of para-hydroxylation sites is 1. The smallest absolute Gasteiger partial charge is 0.142 e. The highest BCUT2D eigenvalue weighted by Gasteiger charge is 2.03. The average molecular weight is 181 g/mol. The van der Waals surface area contributed by atoms with E-state index in [1.807, 2.05) is 25.1 Å². The minimum atomic E-state index is 0.123. The van der Waals surface area contributed by atoms with E-state index in [-0.39, 0.29) is 6.61 Å². The Morgan fingerprint density at radius 1 is 1.46 bits per heavy atom. The quantitative estimate of drug-likeness (QED) is 0.738. The molecule has 3 heteroatoms. The van der Waals surface area contributed by atoms with E-state index in [4.69, 9.17) is 9.84 Å². The number of aliphatic hydroxyl groups excluding tert-OH is 1. The summed E-state index contributed by atoms with van der Waals surface area (Å²) in [7, 11) is 1.64. The molecule has 0 aliphatic heterocycles. The summed E-state index contributed by atoms with van der Waals surface area (Å²) in [5.41, 5.74) is 2.08. The van der Waals surface area contributed by atoms with Crippen molar-refractivity contribution in [1.29, 1.82) is 0 Å². The molecule has 2 N–H and O–H groups in total. The molecule has 0 aliphatic carbocycles. The van der Waals surface area contributed by atoms with Crippen LogP contribution >= 0.6 is 0 Å². The molecule has 3 nitrogen and oxygen atoms in total. The molecule has 0 saturated heterocycles. The van der Waals surface area contributed by atoms with Crippen LogP contribution in [0, 0.1) is 6.92 Å². The molecule has 0 fully saturated rings. The first-order valence-electron chi connectivity index (χ1n) is 4.28. The van der Waals surface area contributed by atoms with Gasteiger partial charge >= 0.3 is 0 Å². The third kappa shape index (κ3) is 2.36. The van der Waals surface area contributed by atoms with Crippen molar-refractivity contribution in [2.45, 2.75) is 6.92 Å². The first-order chi connectivity index (χ1) is 6.29. The summed E-state index contributed by atoms with van der Waals surface area (Å²) < 4.78 is 5.18. The molecule has 1 rings (SSSR count). The van der Waals surface area contributed by atoms with Crippen LogP contribution in [0.4, 0.5) is 5.69 Å². The van der Waals surface area contributed by atoms with Gasteiger partial charge in [-0.05, 0) is 18.6 Å². The molecular weight excluding hydrogens is 166 g/mol. The van der Waals surface area contributed by atoms with E-state index in [0.717, 1.165) is 17.0 Å². The lowest BCUT2D eigenvalue weighted by atomic mass is 10.2. The third-order valence-corrected chi connectivity index (χ3v) is 1.87. The van der Waals surface area contributed by atoms with Gasteiger partial charge in [-0.2, -0.15) is 0 Å². The first-order valence-corrected chi connectivity index (χ1v) is 4.28. The van der Waals surface area contributed by atoms with Crippen molar-refractivity contribution in [3.63, 3.8) is 0 Å². The van der Waals surface area contributed by atoms with Gasteiger partial charge in [0, 0.05) is 6.54 Å². The third-order valence-electron chi connectivity index (χ3n) is 1.87. The number of ether oxygens (including phenoxy) is 1. The Morgan fingerprint density at radius 3 is 2.85 bits per heavy atom. The summed E-state index contributed by atoms with van der Waals surface area (Å²) in [6, 6.07) is 5.84. The maximum absolute atomic E-state index is 8.68. The zero-order valence-electron chi connectivity index (χ0n) is 8.00. The Morgan fingerprint density at radius 2 is 2.23 bits per heavy atom. The lowest BCUT2D eigenvalue weighted by Crippen LogP contribution is -2.07. The Balaban J connectivity index is 2.87. The van der Waals surface area contributed by atoms with Gasteiger partial charge in [0.05, 0.1) is 19.4 Å². The molecule has 0 unspecified atom stereocenters. The molecule has 0 radical (unpaired) electrons. The lowest BCUT2D eigenvalue weighted by Gasteiger charge is -2.12. The van der Waals surface area contributed by atoms with Gasteiger partial charge in [0.25, 0.3) is 0 Å². The highest BCUT2D eigenvalue weighted by atomic mass is 16.5. The maximum Gasteiger partial charge on any atom is 0.142 e. The van der Waals surface area contributed by atoms with Crippen LogP contribution in [0.25, 0.3) is 0 Å². The molecule has 0 saturated carbocycles. The van der Waals surface area contributed by atoms with Crippen LogP contribution in [0.2, 0.25) is 0 Å². The van der Waals surface area contributed by atoms with Gasteiger partial charge in [-0.1, -0.05) is 12.1 Å². The van der Waals surface area contributed by atoms with Crippen molar-refractivity contribution in [1.82, 2.24) is 0 Å². The zero-order valence-corrected chi connectivity index (χ0v) is 8.00. The van der Waals surface area contributed by atoms with Crippen LogP contribution in [-0.2, 0) is 0 Å². The second-order valence-corrected chi connectivity index (χ2v) is 2.80. The molecule has 0 spiro atoms. The second kappa shape index (κ2) is 4.72. The number of nitrogens with one attached hydrogen (secondary N) is 1. The summed E-state index contributed by atoms with van der Waals surface area (Å²) in [5, 5.41) is 11.8. The van der Waals surface area contributed by atoms with Gasteiger partial charge in [-0.15, -0.1) is 0 Å². The average Bonchev–Trinajstić information content (AvgIpc) is 2.15. The Hall–Kier alpha value is -1.22. The van der Waals surface area contributed by atoms with E-state index >= 15 is 0 Å². The van der Waals surface area contributed by atoms with Crippen molar-refractivity contribution in [3.8, 4) is 5.75 Å². The molecule has 0 bridgehead atoms. The van der Waals surface area contributed by atoms with Crippen LogP contribution in [0.15, 0.2) is 18.2 Å². The summed E-state index contributed by atoms with van der Waals surface area (Å²) >= 11 is 0.